The van der Waals surface area contributed by atoms with Crippen molar-refractivity contribution in [3.05, 3.63) is 28.8 Å². The average Bonchev–Trinajstić information content (AvgIpc) is 2.29. The van der Waals surface area contributed by atoms with Crippen molar-refractivity contribution in [2.45, 2.75) is 17.4 Å². The van der Waals surface area contributed by atoms with Crippen LogP contribution >= 0.6 is 35.0 Å². The van der Waals surface area contributed by atoms with E-state index in [4.69, 9.17) is 23.2 Å². The molecule has 0 bridgehead atoms. The molecule has 1 unspecified atom stereocenters. The second-order valence-corrected chi connectivity index (χ2v) is 5.41. The maximum atomic E-state index is 11.3. The van der Waals surface area contributed by atoms with Crippen LogP contribution in [0.15, 0.2) is 23.1 Å². The number of fused-ring (bicyclic) bond motifs is 1. The van der Waals surface area contributed by atoms with Crippen molar-refractivity contribution in [1.82, 2.24) is 5.32 Å². The van der Waals surface area contributed by atoms with Crippen LogP contribution in [0.3, 0.4) is 0 Å². The van der Waals surface area contributed by atoms with Crippen molar-refractivity contribution in [3.8, 4) is 0 Å². The van der Waals surface area contributed by atoms with Crippen LogP contribution in [0.1, 0.15) is 18.0 Å². The molecule has 86 valence electrons. The Balaban J connectivity index is 2.24. The molecule has 5 heteroatoms. The van der Waals surface area contributed by atoms with Crippen molar-refractivity contribution in [3.63, 3.8) is 0 Å². The van der Waals surface area contributed by atoms with E-state index in [1.807, 2.05) is 18.2 Å². The van der Waals surface area contributed by atoms with Crippen LogP contribution in [0.2, 0.25) is 5.02 Å². The number of carbonyl (C=O) groups is 1. The van der Waals surface area contributed by atoms with Gasteiger partial charge in [-0.2, -0.15) is 0 Å². The van der Waals surface area contributed by atoms with E-state index in [0.29, 0.717) is 5.02 Å². The Labute approximate surface area is 109 Å². The predicted octanol–water partition coefficient (Wildman–Crippen LogP) is 3.23. The number of thioether (sulfide) groups is 1. The highest BCUT2D eigenvalue weighted by Gasteiger charge is 2.22. The zero-order valence-corrected chi connectivity index (χ0v) is 10.8. The number of alkyl halides is 1. The Bertz CT molecular complexity index is 411. The molecule has 0 spiro atoms. The molecule has 0 aromatic heterocycles. The minimum atomic E-state index is -0.135. The highest BCUT2D eigenvalue weighted by molar-refractivity contribution is 7.99. The van der Waals surface area contributed by atoms with Gasteiger partial charge in [0.2, 0.25) is 5.91 Å². The van der Waals surface area contributed by atoms with E-state index >= 15 is 0 Å². The Kier molecular flexibility index (Phi) is 4.00. The molecule has 0 aliphatic carbocycles. The zero-order chi connectivity index (χ0) is 11.5. The first-order valence-electron chi connectivity index (χ1n) is 4.98. The quantitative estimate of drug-likeness (QED) is 0.840. The monoisotopic (exact) mass is 275 g/mol. The van der Waals surface area contributed by atoms with Gasteiger partial charge in [-0.1, -0.05) is 11.6 Å². The number of benzene rings is 1. The zero-order valence-electron chi connectivity index (χ0n) is 8.50. The summed E-state index contributed by atoms with van der Waals surface area (Å²) in [6, 6.07) is 5.84. The van der Waals surface area contributed by atoms with E-state index in [1.165, 1.54) is 4.90 Å². The molecule has 1 aliphatic heterocycles. The topological polar surface area (TPSA) is 29.1 Å². The molecule has 2 nitrogen and oxygen atoms in total. The molecular weight excluding hydrogens is 265 g/mol. The summed E-state index contributed by atoms with van der Waals surface area (Å²) in [4.78, 5) is 12.5. The molecular formula is C11H11Cl2NOS. The molecule has 1 aliphatic rings. The van der Waals surface area contributed by atoms with Crippen LogP contribution in [-0.2, 0) is 4.79 Å². The van der Waals surface area contributed by atoms with Gasteiger partial charge in [-0.15, -0.1) is 23.4 Å². The summed E-state index contributed by atoms with van der Waals surface area (Å²) in [6.45, 7) is 0. The molecule has 1 atom stereocenters. The van der Waals surface area contributed by atoms with Gasteiger partial charge < -0.3 is 5.32 Å². The molecule has 1 aromatic carbocycles. The number of nitrogens with one attached hydrogen (secondary N) is 1. The lowest BCUT2D eigenvalue weighted by Gasteiger charge is -2.25. The first-order chi connectivity index (χ1) is 7.70. The molecule has 1 heterocycles. The van der Waals surface area contributed by atoms with E-state index in [2.05, 4.69) is 5.32 Å². The summed E-state index contributed by atoms with van der Waals surface area (Å²) in [5.41, 5.74) is 1.10. The summed E-state index contributed by atoms with van der Waals surface area (Å²) in [5, 5.41) is 3.61. The van der Waals surface area contributed by atoms with Crippen molar-refractivity contribution in [2.24, 2.45) is 0 Å². The maximum Gasteiger partial charge on any atom is 0.235 e. The van der Waals surface area contributed by atoms with Gasteiger partial charge in [-0.3, -0.25) is 4.79 Å². The summed E-state index contributed by atoms with van der Waals surface area (Å²) in [7, 11) is 0. The predicted molar refractivity (Wildman–Crippen MR) is 68.4 cm³/mol. The van der Waals surface area contributed by atoms with Crippen LogP contribution in [0.4, 0.5) is 0 Å². The van der Waals surface area contributed by atoms with Crippen molar-refractivity contribution < 1.29 is 4.79 Å². The Hall–Kier alpha value is -0.380. The smallest absolute Gasteiger partial charge is 0.235 e. The number of hydrogen-bond acceptors (Lipinski definition) is 2. The molecule has 0 fully saturated rings. The fraction of sp³-hybridized carbons (Fsp3) is 0.364. The van der Waals surface area contributed by atoms with Gasteiger partial charge in [-0.05, 0) is 30.2 Å². The summed E-state index contributed by atoms with van der Waals surface area (Å²) >= 11 is 13.2. The van der Waals surface area contributed by atoms with Crippen LogP contribution < -0.4 is 5.32 Å². The molecule has 2 rings (SSSR count). The molecule has 1 amide bonds. The Morgan fingerprint density at radius 3 is 3.12 bits per heavy atom. The van der Waals surface area contributed by atoms with Gasteiger partial charge in [0.1, 0.15) is 5.88 Å². The minimum Gasteiger partial charge on any atom is -0.348 e. The van der Waals surface area contributed by atoms with Crippen LogP contribution in [0, 0.1) is 0 Å². The van der Waals surface area contributed by atoms with Crippen LogP contribution in [-0.4, -0.2) is 17.5 Å². The molecule has 0 saturated heterocycles. The van der Waals surface area contributed by atoms with Gasteiger partial charge in [0, 0.05) is 15.7 Å². The number of rotatable bonds is 2. The van der Waals surface area contributed by atoms with Gasteiger partial charge in [0.15, 0.2) is 0 Å². The third-order valence-corrected chi connectivity index (χ3v) is 4.07. The Morgan fingerprint density at radius 1 is 1.56 bits per heavy atom. The van der Waals surface area contributed by atoms with E-state index < -0.39 is 0 Å². The standard InChI is InChI=1S/C11H11Cl2NOS/c12-6-11(15)14-9-3-4-16-10-2-1-7(13)5-8(9)10/h1-2,5,9H,3-4,6H2,(H,14,15). The number of halogens is 2. The molecule has 1 aromatic rings. The minimum absolute atomic E-state index is 0.000454. The Morgan fingerprint density at radius 2 is 2.38 bits per heavy atom. The lowest BCUT2D eigenvalue weighted by atomic mass is 10.0. The van der Waals surface area contributed by atoms with Gasteiger partial charge in [0.25, 0.3) is 0 Å². The van der Waals surface area contributed by atoms with Crippen molar-refractivity contribution in [1.29, 1.82) is 0 Å². The highest BCUT2D eigenvalue weighted by atomic mass is 35.5. The van der Waals surface area contributed by atoms with Gasteiger partial charge in [0.05, 0.1) is 6.04 Å². The second kappa shape index (κ2) is 5.30. The molecule has 0 saturated carbocycles. The third-order valence-electron chi connectivity index (χ3n) is 2.47. The van der Waals surface area contributed by atoms with Crippen molar-refractivity contribution >= 4 is 40.9 Å². The van der Waals surface area contributed by atoms with Crippen LogP contribution in [0.25, 0.3) is 0 Å². The normalized spacial score (nSPS) is 19.0. The van der Waals surface area contributed by atoms with Crippen molar-refractivity contribution in [2.75, 3.05) is 11.6 Å². The van der Waals surface area contributed by atoms with E-state index in [0.717, 1.165) is 17.7 Å². The first kappa shape index (κ1) is 12.1. The molecule has 16 heavy (non-hydrogen) atoms. The first-order valence-corrected chi connectivity index (χ1v) is 6.88. The number of carbonyl (C=O) groups excluding carboxylic acids is 1. The lowest BCUT2D eigenvalue weighted by molar-refractivity contribution is -0.119. The lowest BCUT2D eigenvalue weighted by Crippen LogP contribution is -2.31. The maximum absolute atomic E-state index is 11.3. The fourth-order valence-electron chi connectivity index (χ4n) is 1.75. The van der Waals surface area contributed by atoms with E-state index in [-0.39, 0.29) is 17.8 Å². The summed E-state index contributed by atoms with van der Waals surface area (Å²) in [5.74, 6) is 0.867. The average molecular weight is 276 g/mol. The molecule has 0 radical (unpaired) electrons. The highest BCUT2D eigenvalue weighted by Crippen LogP contribution is 2.37. The third kappa shape index (κ3) is 2.65. The van der Waals surface area contributed by atoms with Gasteiger partial charge >= 0.3 is 0 Å². The van der Waals surface area contributed by atoms with E-state index in [9.17, 15) is 4.79 Å². The van der Waals surface area contributed by atoms with E-state index in [1.54, 1.807) is 11.8 Å². The number of amides is 1. The molecule has 1 N–H and O–H groups in total. The summed E-state index contributed by atoms with van der Waals surface area (Å²) < 4.78 is 0. The van der Waals surface area contributed by atoms with Gasteiger partial charge in [-0.25, -0.2) is 0 Å². The SMILES string of the molecule is O=C(CCl)NC1CCSc2ccc(Cl)cc21. The summed E-state index contributed by atoms with van der Waals surface area (Å²) in [6.07, 6.45) is 0.917. The largest absolute Gasteiger partial charge is 0.348 e. The van der Waals surface area contributed by atoms with Crippen LogP contribution in [0.5, 0.6) is 0 Å². The fourth-order valence-corrected chi connectivity index (χ4v) is 3.11. The number of hydrogen-bond donors (Lipinski definition) is 1. The second-order valence-electron chi connectivity index (χ2n) is 3.57.